The van der Waals surface area contributed by atoms with E-state index < -0.39 is 29.4 Å². The van der Waals surface area contributed by atoms with Gasteiger partial charge in [0.1, 0.15) is 6.04 Å². The Bertz CT molecular complexity index is 1230. The van der Waals surface area contributed by atoms with Gasteiger partial charge in [-0.15, -0.1) is 0 Å². The zero-order valence-corrected chi connectivity index (χ0v) is 19.1. The maximum absolute atomic E-state index is 12.3. The zero-order chi connectivity index (χ0) is 23.3. The minimum absolute atomic E-state index is 0. The fourth-order valence-electron chi connectivity index (χ4n) is 2.75. The van der Waals surface area contributed by atoms with E-state index in [4.69, 9.17) is 15.9 Å². The summed E-state index contributed by atoms with van der Waals surface area (Å²) in [4.78, 5) is 60.6. The number of anilines is 2. The molecule has 0 bridgehead atoms. The number of nitrogens with zero attached hydrogens (tertiary/aromatic N) is 3. The van der Waals surface area contributed by atoms with Crippen molar-refractivity contribution in [1.82, 2.24) is 25.3 Å². The molecule has 0 aliphatic rings. The van der Waals surface area contributed by atoms with Crippen LogP contribution in [0.5, 0.6) is 0 Å². The molecule has 1 unspecified atom stereocenters. The Morgan fingerprint density at radius 2 is 1.82 bits per heavy atom. The third-order valence-corrected chi connectivity index (χ3v) is 4.36. The summed E-state index contributed by atoms with van der Waals surface area (Å²) in [6.07, 6.45) is 0.840. The van der Waals surface area contributed by atoms with Gasteiger partial charge in [0.25, 0.3) is 11.5 Å². The predicted octanol–water partition coefficient (Wildman–Crippen LogP) is -0.961. The van der Waals surface area contributed by atoms with Crippen LogP contribution in [0, 0.1) is 0 Å². The van der Waals surface area contributed by atoms with Crippen LogP contribution in [0.25, 0.3) is 11.2 Å². The molecule has 1 amide bonds. The van der Waals surface area contributed by atoms with Crippen LogP contribution in [0.4, 0.5) is 11.6 Å². The molecule has 0 saturated carbocycles. The van der Waals surface area contributed by atoms with Crippen molar-refractivity contribution in [1.29, 1.82) is 0 Å². The average Bonchev–Trinajstić information content (AvgIpc) is 2.75. The van der Waals surface area contributed by atoms with Gasteiger partial charge in [-0.1, -0.05) is 0 Å². The Labute approximate surface area is 196 Å². The number of H-pyrrole nitrogens is 1. The number of carboxylic acids is 2. The van der Waals surface area contributed by atoms with Crippen molar-refractivity contribution in [3.05, 3.63) is 52.1 Å². The van der Waals surface area contributed by atoms with Crippen LogP contribution in [-0.2, 0) is 16.1 Å². The number of hydrogen-bond donors (Lipinski definition) is 6. The molecule has 0 saturated heterocycles. The number of carboxylic acid groups (broad SMARTS) is 2. The molecule has 0 aliphatic carbocycles. The fraction of sp³-hybridized carbons (Fsp3) is 0.211. The van der Waals surface area contributed by atoms with Gasteiger partial charge >= 0.3 is 29.0 Å². The second-order valence-electron chi connectivity index (χ2n) is 6.71. The molecule has 1 atom stereocenters. The molecule has 14 heteroatoms. The van der Waals surface area contributed by atoms with E-state index in [1.165, 1.54) is 18.3 Å². The van der Waals surface area contributed by atoms with Crippen molar-refractivity contribution in [2.75, 3.05) is 11.1 Å². The summed E-state index contributed by atoms with van der Waals surface area (Å²) in [5.41, 5.74) is 6.47. The average molecular weight is 522 g/mol. The number of aromatic nitrogens is 4. The summed E-state index contributed by atoms with van der Waals surface area (Å²) < 4.78 is 0. The third kappa shape index (κ3) is 6.72. The second-order valence-corrected chi connectivity index (χ2v) is 6.71. The van der Waals surface area contributed by atoms with Gasteiger partial charge in [0.2, 0.25) is 5.95 Å². The molecule has 0 spiro atoms. The summed E-state index contributed by atoms with van der Waals surface area (Å²) >= 11 is 0. The molecular formula is C19H21N7O6Se. The number of amides is 1. The monoisotopic (exact) mass is 523 g/mol. The number of nitrogens with one attached hydrogen (secondary N) is 3. The van der Waals surface area contributed by atoms with Crippen LogP contribution < -0.4 is 21.9 Å². The molecule has 3 rings (SSSR count). The van der Waals surface area contributed by atoms with E-state index in [0.29, 0.717) is 11.4 Å². The Hall–Kier alpha value is -4.03. The van der Waals surface area contributed by atoms with Crippen molar-refractivity contribution in [2.45, 2.75) is 25.4 Å². The number of carbonyl (C=O) groups excluding carboxylic acids is 1. The number of aromatic amines is 1. The molecule has 33 heavy (non-hydrogen) atoms. The van der Waals surface area contributed by atoms with Crippen LogP contribution >= 0.6 is 0 Å². The van der Waals surface area contributed by atoms with Crippen LogP contribution in [0.15, 0.2) is 35.3 Å². The van der Waals surface area contributed by atoms with E-state index in [0.717, 1.165) is 0 Å². The molecule has 0 aliphatic heterocycles. The van der Waals surface area contributed by atoms with Crippen LogP contribution in [0.2, 0.25) is 0 Å². The minimum atomic E-state index is -1.31. The first-order chi connectivity index (χ1) is 15.2. The van der Waals surface area contributed by atoms with Gasteiger partial charge in [-0.05, 0) is 30.7 Å². The topological polar surface area (TPSA) is 213 Å². The van der Waals surface area contributed by atoms with Crippen molar-refractivity contribution < 1.29 is 24.6 Å². The molecule has 1 aromatic carbocycles. The molecule has 13 nitrogen and oxygen atoms in total. The molecule has 3 aromatic rings. The van der Waals surface area contributed by atoms with Gasteiger partial charge < -0.3 is 26.6 Å². The first-order valence-electron chi connectivity index (χ1n) is 9.33. The van der Waals surface area contributed by atoms with Crippen molar-refractivity contribution in [2.24, 2.45) is 0 Å². The Morgan fingerprint density at radius 1 is 1.12 bits per heavy atom. The van der Waals surface area contributed by atoms with Crippen molar-refractivity contribution in [3.8, 4) is 0 Å². The number of nitrogen functional groups attached to an aromatic ring is 1. The molecule has 2 aromatic heterocycles. The standard InChI is InChI=1S/C19H19N7O6.H2Se/c20-19-25-15-14(17(30)26-19)23-11(8-22-15)7-21-10-3-1-9(2-4-10)16(29)24-12(18(31)32)5-6-13(27)28;/h1-4,8,12,21H,5-7H2,(H,24,29)(H,27,28)(H,31,32)(H3,20,22,25,26,30);1H2. The molecule has 0 fully saturated rings. The first kappa shape index (κ1) is 25.2. The number of fused-ring (bicyclic) bond motifs is 1. The molecule has 7 N–H and O–H groups in total. The van der Waals surface area contributed by atoms with E-state index in [1.807, 2.05) is 0 Å². The van der Waals surface area contributed by atoms with Gasteiger partial charge in [-0.3, -0.25) is 19.4 Å². The second kappa shape index (κ2) is 11.0. The van der Waals surface area contributed by atoms with Crippen LogP contribution in [0.1, 0.15) is 28.9 Å². The Kier molecular flexibility index (Phi) is 8.42. The zero-order valence-electron chi connectivity index (χ0n) is 17.0. The van der Waals surface area contributed by atoms with Gasteiger partial charge in [0.15, 0.2) is 11.2 Å². The third-order valence-electron chi connectivity index (χ3n) is 4.36. The summed E-state index contributed by atoms with van der Waals surface area (Å²) in [6, 6.07) is 4.86. The SMILES string of the molecule is Nc1nc2ncc(CNc3ccc(C(=O)NC(CCC(=O)O)C(=O)O)cc3)nc2c(=O)[nH]1.[SeH2]. The Balaban J connectivity index is 0.00000385. The summed E-state index contributed by atoms with van der Waals surface area (Å²) in [5.74, 6) is -3.16. The molecule has 174 valence electrons. The van der Waals surface area contributed by atoms with Gasteiger partial charge in [0.05, 0.1) is 18.4 Å². The molecule has 2 heterocycles. The van der Waals surface area contributed by atoms with Crippen molar-refractivity contribution in [3.63, 3.8) is 0 Å². The number of carbonyl (C=O) groups is 3. The normalized spacial score (nSPS) is 11.3. The number of rotatable bonds is 9. The van der Waals surface area contributed by atoms with E-state index in [1.54, 1.807) is 12.1 Å². The fourth-order valence-corrected chi connectivity index (χ4v) is 2.75. The van der Waals surface area contributed by atoms with Crippen LogP contribution in [0.3, 0.4) is 0 Å². The van der Waals surface area contributed by atoms with E-state index in [9.17, 15) is 19.2 Å². The number of aliphatic carboxylic acids is 2. The number of nitrogens with two attached hydrogens (primary N) is 1. The van der Waals surface area contributed by atoms with Gasteiger partial charge in [-0.2, -0.15) is 4.98 Å². The number of benzene rings is 1. The summed E-state index contributed by atoms with van der Waals surface area (Å²) in [5, 5.41) is 23.2. The Morgan fingerprint density at radius 3 is 2.45 bits per heavy atom. The van der Waals surface area contributed by atoms with Crippen molar-refractivity contribution >= 4 is 57.7 Å². The quantitative estimate of drug-likeness (QED) is 0.188. The number of hydrogen-bond acceptors (Lipinski definition) is 9. The molecular weight excluding hydrogens is 501 g/mol. The van der Waals surface area contributed by atoms with E-state index in [2.05, 4.69) is 30.6 Å². The molecule has 0 radical (unpaired) electrons. The van der Waals surface area contributed by atoms with E-state index in [-0.39, 0.29) is 59.1 Å². The maximum atomic E-state index is 12.3. The predicted molar refractivity (Wildman–Crippen MR) is 120 cm³/mol. The van der Waals surface area contributed by atoms with Crippen LogP contribution in [-0.4, -0.2) is 71.1 Å². The van der Waals surface area contributed by atoms with E-state index >= 15 is 0 Å². The van der Waals surface area contributed by atoms with Gasteiger partial charge in [-0.25, -0.2) is 14.8 Å². The first-order valence-corrected chi connectivity index (χ1v) is 9.33. The summed E-state index contributed by atoms with van der Waals surface area (Å²) in [6.45, 7) is 0.231. The van der Waals surface area contributed by atoms with Gasteiger partial charge in [0, 0.05) is 17.7 Å². The summed E-state index contributed by atoms with van der Waals surface area (Å²) in [7, 11) is 0.